The first-order valence-electron chi connectivity index (χ1n) is 10.3. The average molecular weight is 404 g/mol. The summed E-state index contributed by atoms with van der Waals surface area (Å²) in [7, 11) is -3.15. The zero-order chi connectivity index (χ0) is 19.7. The molecule has 2 aliphatic rings. The minimum absolute atomic E-state index is 0.191. The van der Waals surface area contributed by atoms with Crippen LogP contribution < -0.4 is 4.72 Å². The van der Waals surface area contributed by atoms with Crippen LogP contribution in [0.1, 0.15) is 74.7 Å². The van der Waals surface area contributed by atoms with Crippen molar-refractivity contribution in [2.24, 2.45) is 5.92 Å². The molecule has 1 N–H and O–H groups in total. The molecule has 0 aromatic carbocycles. The van der Waals surface area contributed by atoms with E-state index in [-0.39, 0.29) is 17.7 Å². The molecule has 0 aliphatic heterocycles. The molecular weight excluding hydrogens is 374 g/mol. The van der Waals surface area contributed by atoms with Gasteiger partial charge in [-0.15, -0.1) is 5.10 Å². The Morgan fingerprint density at radius 2 is 1.96 bits per heavy atom. The molecule has 0 amide bonds. The molecule has 2 heterocycles. The van der Waals surface area contributed by atoms with Crippen molar-refractivity contribution < 1.29 is 8.42 Å². The van der Waals surface area contributed by atoms with Gasteiger partial charge in [0.15, 0.2) is 0 Å². The van der Waals surface area contributed by atoms with Crippen LogP contribution in [0.25, 0.3) is 11.6 Å². The fourth-order valence-electron chi connectivity index (χ4n) is 4.16. The molecule has 7 nitrogen and oxygen atoms in total. The summed E-state index contributed by atoms with van der Waals surface area (Å²) in [5, 5.41) is 8.77. The zero-order valence-corrected chi connectivity index (χ0v) is 17.5. The second kappa shape index (κ2) is 7.91. The van der Waals surface area contributed by atoms with Crippen molar-refractivity contribution in [2.45, 2.75) is 70.8 Å². The van der Waals surface area contributed by atoms with Gasteiger partial charge in [0, 0.05) is 23.2 Å². The summed E-state index contributed by atoms with van der Waals surface area (Å²) in [6.45, 7) is 4.13. The summed E-state index contributed by atoms with van der Waals surface area (Å²) in [5.74, 6) is 0.812. The number of allylic oxidation sites excluding steroid dienone is 1. The summed E-state index contributed by atoms with van der Waals surface area (Å²) < 4.78 is 29.1. The van der Waals surface area contributed by atoms with E-state index in [9.17, 15) is 8.42 Å². The average Bonchev–Trinajstić information content (AvgIpc) is 3.36. The van der Waals surface area contributed by atoms with Gasteiger partial charge in [-0.05, 0) is 57.8 Å². The van der Waals surface area contributed by atoms with Crippen molar-refractivity contribution >= 4 is 21.6 Å². The number of nitrogens with one attached hydrogen (secondary N) is 1. The summed E-state index contributed by atoms with van der Waals surface area (Å²) in [6, 6.07) is 0.191. The Morgan fingerprint density at radius 3 is 2.64 bits per heavy atom. The Hall–Kier alpha value is -1.80. The van der Waals surface area contributed by atoms with Gasteiger partial charge in [-0.2, -0.15) is 0 Å². The van der Waals surface area contributed by atoms with Crippen LogP contribution in [0, 0.1) is 12.8 Å². The maximum atomic E-state index is 12.3. The Balaban J connectivity index is 1.49. The van der Waals surface area contributed by atoms with E-state index < -0.39 is 10.0 Å². The van der Waals surface area contributed by atoms with E-state index in [0.717, 1.165) is 67.4 Å². The van der Waals surface area contributed by atoms with Crippen LogP contribution in [-0.2, 0) is 10.0 Å². The van der Waals surface area contributed by atoms with E-state index in [0.29, 0.717) is 5.92 Å². The molecule has 2 aromatic rings. The van der Waals surface area contributed by atoms with Gasteiger partial charge in [-0.25, -0.2) is 22.6 Å². The Bertz CT molecular complexity index is 970. The highest BCUT2D eigenvalue weighted by atomic mass is 32.2. The quantitative estimate of drug-likeness (QED) is 0.767. The number of fused-ring (bicyclic) bond motifs is 1. The van der Waals surface area contributed by atoms with Crippen LogP contribution in [0.5, 0.6) is 0 Å². The lowest BCUT2D eigenvalue weighted by molar-refractivity contribution is 0.345. The molecule has 0 atom stereocenters. The van der Waals surface area contributed by atoms with Gasteiger partial charge in [0.1, 0.15) is 11.8 Å². The van der Waals surface area contributed by atoms with Gasteiger partial charge >= 0.3 is 0 Å². The van der Waals surface area contributed by atoms with Crippen molar-refractivity contribution in [3.05, 3.63) is 29.4 Å². The number of rotatable bonds is 7. The van der Waals surface area contributed by atoms with E-state index in [4.69, 9.17) is 0 Å². The van der Waals surface area contributed by atoms with Gasteiger partial charge in [0.25, 0.3) is 0 Å². The standard InChI is InChI=1S/C20H29N5O2S/c1-3-4-5-18-14(2)21-13-25-20(18)19(22-24-25)16-8-6-15(7-9-16)12-28(26,27)23-17-10-11-17/h4-5,13,15-17,23H,3,6-12H2,1-2H3. The molecule has 0 spiro atoms. The number of aromatic nitrogens is 4. The largest absolute Gasteiger partial charge is 0.241 e. The van der Waals surface area contributed by atoms with Crippen LogP contribution in [0.2, 0.25) is 0 Å². The number of nitrogens with zero attached hydrogens (tertiary/aromatic N) is 4. The highest BCUT2D eigenvalue weighted by Crippen LogP contribution is 2.38. The number of sulfonamides is 1. The lowest BCUT2D eigenvalue weighted by atomic mass is 9.81. The predicted molar refractivity (Wildman–Crippen MR) is 109 cm³/mol. The summed E-state index contributed by atoms with van der Waals surface area (Å²) in [4.78, 5) is 4.44. The zero-order valence-electron chi connectivity index (χ0n) is 16.6. The van der Waals surface area contributed by atoms with E-state index in [2.05, 4.69) is 39.1 Å². The van der Waals surface area contributed by atoms with Crippen molar-refractivity contribution in [1.82, 2.24) is 24.5 Å². The van der Waals surface area contributed by atoms with Crippen LogP contribution in [-0.4, -0.2) is 40.0 Å². The van der Waals surface area contributed by atoms with Crippen molar-refractivity contribution in [2.75, 3.05) is 5.75 Å². The third-order valence-corrected chi connectivity index (χ3v) is 7.46. The fourth-order valence-corrected chi connectivity index (χ4v) is 5.95. The predicted octanol–water partition coefficient (Wildman–Crippen LogP) is 3.21. The second-order valence-electron chi connectivity index (χ2n) is 8.21. The summed E-state index contributed by atoms with van der Waals surface area (Å²) >= 11 is 0. The summed E-state index contributed by atoms with van der Waals surface area (Å²) in [5.41, 5.74) is 4.14. The number of hydrogen-bond acceptors (Lipinski definition) is 5. The van der Waals surface area contributed by atoms with E-state index >= 15 is 0 Å². The smallest absolute Gasteiger partial charge is 0.212 e. The molecule has 4 rings (SSSR count). The van der Waals surface area contributed by atoms with Crippen molar-refractivity contribution in [1.29, 1.82) is 0 Å². The highest BCUT2D eigenvalue weighted by Gasteiger charge is 2.32. The molecule has 0 saturated heterocycles. The first-order chi connectivity index (χ1) is 13.5. The summed E-state index contributed by atoms with van der Waals surface area (Å²) in [6.07, 6.45) is 12.6. The van der Waals surface area contributed by atoms with E-state index in [1.165, 1.54) is 0 Å². The van der Waals surface area contributed by atoms with Gasteiger partial charge in [-0.3, -0.25) is 0 Å². The minimum atomic E-state index is -3.15. The lowest BCUT2D eigenvalue weighted by Crippen LogP contribution is -2.32. The molecule has 2 saturated carbocycles. The molecule has 0 unspecified atom stereocenters. The molecule has 2 aromatic heterocycles. The molecule has 0 radical (unpaired) electrons. The second-order valence-corrected chi connectivity index (χ2v) is 10.0. The monoisotopic (exact) mass is 403 g/mol. The highest BCUT2D eigenvalue weighted by molar-refractivity contribution is 7.89. The minimum Gasteiger partial charge on any atom is -0.241 e. The third kappa shape index (κ3) is 4.27. The van der Waals surface area contributed by atoms with Crippen LogP contribution in [0.3, 0.4) is 0 Å². The number of hydrogen-bond donors (Lipinski definition) is 1. The molecule has 2 fully saturated rings. The molecule has 0 bridgehead atoms. The Kier molecular flexibility index (Phi) is 5.51. The first-order valence-corrected chi connectivity index (χ1v) is 12.0. The lowest BCUT2D eigenvalue weighted by Gasteiger charge is -2.27. The van der Waals surface area contributed by atoms with E-state index in [1.54, 1.807) is 10.8 Å². The molecule has 2 aliphatic carbocycles. The SMILES string of the molecule is CCC=Cc1c(C)ncn2nnc(C3CCC(CS(=O)(=O)NC4CC4)CC3)c12. The van der Waals surface area contributed by atoms with Crippen LogP contribution >= 0.6 is 0 Å². The van der Waals surface area contributed by atoms with Gasteiger partial charge in [0.05, 0.1) is 11.4 Å². The van der Waals surface area contributed by atoms with Crippen molar-refractivity contribution in [3.63, 3.8) is 0 Å². The maximum absolute atomic E-state index is 12.3. The normalized spacial score (nSPS) is 23.6. The molecule has 28 heavy (non-hydrogen) atoms. The fraction of sp³-hybridized carbons (Fsp3) is 0.650. The third-order valence-electron chi connectivity index (χ3n) is 5.86. The van der Waals surface area contributed by atoms with E-state index in [1.807, 2.05) is 6.92 Å². The van der Waals surface area contributed by atoms with Crippen LogP contribution in [0.4, 0.5) is 0 Å². The maximum Gasteiger partial charge on any atom is 0.212 e. The van der Waals surface area contributed by atoms with Crippen LogP contribution in [0.15, 0.2) is 12.4 Å². The first kappa shape index (κ1) is 19.5. The van der Waals surface area contributed by atoms with Gasteiger partial charge < -0.3 is 0 Å². The van der Waals surface area contributed by atoms with Gasteiger partial charge in [0.2, 0.25) is 10.0 Å². The Morgan fingerprint density at radius 1 is 1.21 bits per heavy atom. The van der Waals surface area contributed by atoms with Gasteiger partial charge in [-0.1, -0.05) is 24.3 Å². The van der Waals surface area contributed by atoms with Crippen molar-refractivity contribution in [3.8, 4) is 0 Å². The number of aryl methyl sites for hydroxylation is 1. The molecule has 152 valence electrons. The molecule has 8 heteroatoms. The topological polar surface area (TPSA) is 89.2 Å². The Labute approximate surface area is 166 Å². The molecular formula is C20H29N5O2S.